The minimum Gasteiger partial charge on any atom is -0.317 e. The van der Waals surface area contributed by atoms with Crippen molar-refractivity contribution in [1.29, 1.82) is 0 Å². The van der Waals surface area contributed by atoms with Crippen LogP contribution < -0.4 is 5.32 Å². The van der Waals surface area contributed by atoms with Gasteiger partial charge in [0.05, 0.1) is 11.2 Å². The van der Waals surface area contributed by atoms with Gasteiger partial charge in [-0.25, -0.2) is 8.42 Å². The zero-order valence-corrected chi connectivity index (χ0v) is 13.3. The van der Waals surface area contributed by atoms with E-state index in [-0.39, 0.29) is 11.5 Å². The maximum absolute atomic E-state index is 12.8. The summed E-state index contributed by atoms with van der Waals surface area (Å²) < 4.78 is 22.4. The highest BCUT2D eigenvalue weighted by atomic mass is 32.2. The van der Waals surface area contributed by atoms with Gasteiger partial charge in [-0.05, 0) is 37.9 Å². The van der Waals surface area contributed by atoms with Crippen molar-refractivity contribution in [3.05, 3.63) is 35.9 Å². The summed E-state index contributed by atoms with van der Waals surface area (Å²) in [7, 11) is -3.00. The lowest BCUT2D eigenvalue weighted by Gasteiger charge is -2.37. The van der Waals surface area contributed by atoms with Crippen molar-refractivity contribution in [2.45, 2.75) is 31.1 Å². The molecule has 116 valence electrons. The van der Waals surface area contributed by atoms with Crippen molar-refractivity contribution in [3.8, 4) is 0 Å². The van der Waals surface area contributed by atoms with E-state index in [2.05, 4.69) is 5.32 Å². The molecule has 0 bridgehead atoms. The van der Waals surface area contributed by atoms with Gasteiger partial charge in [0, 0.05) is 12.7 Å². The van der Waals surface area contributed by atoms with Crippen LogP contribution >= 0.6 is 0 Å². The van der Waals surface area contributed by atoms with Crippen LogP contribution in [-0.2, 0) is 20.0 Å². The van der Waals surface area contributed by atoms with Crippen molar-refractivity contribution in [2.24, 2.45) is 0 Å². The first-order valence-electron chi connectivity index (χ1n) is 7.41. The lowest BCUT2D eigenvalue weighted by atomic mass is 9.69. The van der Waals surface area contributed by atoms with Gasteiger partial charge >= 0.3 is 0 Å². The van der Waals surface area contributed by atoms with Gasteiger partial charge in [-0.2, -0.15) is 0 Å². The summed E-state index contributed by atoms with van der Waals surface area (Å²) in [6, 6.07) is 9.90. The Labute approximate surface area is 126 Å². The Morgan fingerprint density at radius 3 is 2.38 bits per heavy atom. The third-order valence-corrected chi connectivity index (χ3v) is 5.27. The minimum atomic E-state index is -3.00. The first-order chi connectivity index (χ1) is 9.94. The highest BCUT2D eigenvalue weighted by Crippen LogP contribution is 2.35. The molecule has 0 atom stereocenters. The normalized spacial score (nSPS) is 18.3. The predicted molar refractivity (Wildman–Crippen MR) is 84.2 cm³/mol. The van der Waals surface area contributed by atoms with Gasteiger partial charge in [0.25, 0.3) is 0 Å². The molecule has 21 heavy (non-hydrogen) atoms. The molecule has 0 aromatic heterocycles. The summed E-state index contributed by atoms with van der Waals surface area (Å²) in [4.78, 5) is 12.8. The first-order valence-corrected chi connectivity index (χ1v) is 9.47. The molecule has 0 amide bonds. The van der Waals surface area contributed by atoms with Crippen molar-refractivity contribution >= 4 is 15.6 Å². The van der Waals surface area contributed by atoms with Crippen LogP contribution in [0.2, 0.25) is 0 Å². The first kappa shape index (κ1) is 16.2. The van der Waals surface area contributed by atoms with Gasteiger partial charge < -0.3 is 5.32 Å². The molecule has 1 aromatic carbocycles. The minimum absolute atomic E-state index is 0.0852. The van der Waals surface area contributed by atoms with E-state index in [9.17, 15) is 13.2 Å². The second-order valence-corrected chi connectivity index (χ2v) is 8.11. The van der Waals surface area contributed by atoms with Gasteiger partial charge in [0.2, 0.25) is 0 Å². The van der Waals surface area contributed by atoms with Crippen molar-refractivity contribution in [2.75, 3.05) is 25.1 Å². The van der Waals surface area contributed by atoms with E-state index < -0.39 is 15.3 Å². The molecule has 1 aliphatic heterocycles. The average Bonchev–Trinajstić information content (AvgIpc) is 2.47. The monoisotopic (exact) mass is 309 g/mol. The molecule has 1 saturated heterocycles. The van der Waals surface area contributed by atoms with Crippen LogP contribution in [0.5, 0.6) is 0 Å². The Morgan fingerprint density at radius 2 is 1.81 bits per heavy atom. The molecule has 1 fully saturated rings. The molecule has 5 heteroatoms. The van der Waals surface area contributed by atoms with E-state index >= 15 is 0 Å². The lowest BCUT2D eigenvalue weighted by molar-refractivity contribution is -0.125. The Morgan fingerprint density at radius 1 is 1.19 bits per heavy atom. The molecule has 1 aromatic rings. The zero-order valence-electron chi connectivity index (χ0n) is 12.5. The van der Waals surface area contributed by atoms with E-state index in [1.165, 1.54) is 6.26 Å². The Hall–Kier alpha value is -1.20. The molecule has 0 spiro atoms. The standard InChI is InChI=1S/C16H23NO3S/c1-21(19,20)13-5-8-15(18)16(9-11-17-12-10-16)14-6-3-2-4-7-14/h2-4,6-7,17H,5,8-13H2,1H3. The summed E-state index contributed by atoms with van der Waals surface area (Å²) in [5.74, 6) is 0.265. The largest absolute Gasteiger partial charge is 0.317 e. The molecule has 0 saturated carbocycles. The Bertz CT molecular complexity index is 575. The summed E-state index contributed by atoms with van der Waals surface area (Å²) in [5.41, 5.74) is 0.625. The second kappa shape index (κ2) is 6.71. The smallest absolute Gasteiger partial charge is 0.147 e. The summed E-state index contributed by atoms with van der Waals surface area (Å²) >= 11 is 0. The molecule has 0 radical (unpaired) electrons. The molecular formula is C16H23NO3S. The van der Waals surface area contributed by atoms with Crippen molar-refractivity contribution in [3.63, 3.8) is 0 Å². The Kier molecular flexibility index (Phi) is 5.17. The number of benzene rings is 1. The van der Waals surface area contributed by atoms with Crippen LogP contribution in [0, 0.1) is 0 Å². The molecule has 1 aliphatic rings. The fourth-order valence-electron chi connectivity index (χ4n) is 3.07. The fourth-order valence-corrected chi connectivity index (χ4v) is 3.74. The van der Waals surface area contributed by atoms with Crippen LogP contribution in [0.3, 0.4) is 0 Å². The van der Waals surface area contributed by atoms with Crippen LogP contribution in [0.4, 0.5) is 0 Å². The summed E-state index contributed by atoms with van der Waals surface area (Å²) in [5, 5.41) is 3.30. The highest BCUT2D eigenvalue weighted by Gasteiger charge is 2.40. The van der Waals surface area contributed by atoms with E-state index in [1.54, 1.807) is 0 Å². The lowest BCUT2D eigenvalue weighted by Crippen LogP contribution is -2.45. The number of piperidine rings is 1. The van der Waals surface area contributed by atoms with E-state index in [1.807, 2.05) is 30.3 Å². The van der Waals surface area contributed by atoms with Crippen molar-refractivity contribution in [1.82, 2.24) is 5.32 Å². The average molecular weight is 309 g/mol. The number of hydrogen-bond acceptors (Lipinski definition) is 4. The van der Waals surface area contributed by atoms with Gasteiger partial charge in [0.15, 0.2) is 0 Å². The third kappa shape index (κ3) is 4.14. The van der Waals surface area contributed by atoms with Gasteiger partial charge in [-0.15, -0.1) is 0 Å². The predicted octanol–water partition coefficient (Wildman–Crippen LogP) is 1.70. The van der Waals surface area contributed by atoms with Crippen LogP contribution in [-0.4, -0.2) is 39.3 Å². The molecule has 1 N–H and O–H groups in total. The molecule has 0 aliphatic carbocycles. The molecule has 0 unspecified atom stereocenters. The van der Waals surface area contributed by atoms with E-state index in [4.69, 9.17) is 0 Å². The number of Topliss-reactive ketones (excluding diaryl/α,β-unsaturated/α-hetero) is 1. The Balaban J connectivity index is 2.14. The number of carbonyl (C=O) groups is 1. The summed E-state index contributed by atoms with van der Waals surface area (Å²) in [6.07, 6.45) is 3.54. The number of nitrogens with one attached hydrogen (secondary N) is 1. The van der Waals surface area contributed by atoms with Crippen molar-refractivity contribution < 1.29 is 13.2 Å². The van der Waals surface area contributed by atoms with Crippen LogP contribution in [0.1, 0.15) is 31.2 Å². The van der Waals surface area contributed by atoms with E-state index in [0.29, 0.717) is 12.8 Å². The summed E-state index contributed by atoms with van der Waals surface area (Å²) in [6.45, 7) is 1.65. The number of hydrogen-bond donors (Lipinski definition) is 1. The number of rotatable bonds is 6. The molecule has 2 rings (SSSR count). The van der Waals surface area contributed by atoms with Crippen LogP contribution in [0.25, 0.3) is 0 Å². The number of carbonyl (C=O) groups excluding carboxylic acids is 1. The molecular weight excluding hydrogens is 286 g/mol. The maximum atomic E-state index is 12.8. The highest BCUT2D eigenvalue weighted by molar-refractivity contribution is 7.90. The fraction of sp³-hybridized carbons (Fsp3) is 0.562. The van der Waals surface area contributed by atoms with Gasteiger partial charge in [-0.3, -0.25) is 4.79 Å². The van der Waals surface area contributed by atoms with Gasteiger partial charge in [-0.1, -0.05) is 30.3 Å². The molecule has 4 nitrogen and oxygen atoms in total. The van der Waals surface area contributed by atoms with E-state index in [0.717, 1.165) is 31.5 Å². The topological polar surface area (TPSA) is 63.2 Å². The number of ketones is 1. The molecule has 1 heterocycles. The quantitative estimate of drug-likeness (QED) is 0.869. The van der Waals surface area contributed by atoms with Crippen LogP contribution in [0.15, 0.2) is 30.3 Å². The zero-order chi connectivity index (χ0) is 15.3. The van der Waals surface area contributed by atoms with Gasteiger partial charge in [0.1, 0.15) is 15.6 Å². The third-order valence-electron chi connectivity index (χ3n) is 4.24. The SMILES string of the molecule is CS(=O)(=O)CCCC(=O)C1(c2ccccc2)CCNCC1. The second-order valence-electron chi connectivity index (χ2n) is 5.85. The maximum Gasteiger partial charge on any atom is 0.147 e. The number of sulfone groups is 1.